The Hall–Kier alpha value is -1.97. The summed E-state index contributed by atoms with van der Waals surface area (Å²) in [6, 6.07) is 9.33. The van der Waals surface area contributed by atoms with Crippen LogP contribution < -0.4 is 5.32 Å². The van der Waals surface area contributed by atoms with Gasteiger partial charge in [-0.2, -0.15) is 0 Å². The minimum absolute atomic E-state index is 0.176. The minimum atomic E-state index is -0.666. The second-order valence-corrected chi connectivity index (χ2v) is 3.60. The van der Waals surface area contributed by atoms with Crippen LogP contribution >= 0.6 is 0 Å². The Balaban J connectivity index is 2.10. The van der Waals surface area contributed by atoms with Gasteiger partial charge in [-0.15, -0.1) is 0 Å². The van der Waals surface area contributed by atoms with E-state index < -0.39 is 11.6 Å². The molecule has 1 N–H and O–H groups in total. The van der Waals surface area contributed by atoms with Gasteiger partial charge in [0.15, 0.2) is 0 Å². The van der Waals surface area contributed by atoms with Crippen LogP contribution in [0.5, 0.6) is 0 Å². The number of anilines is 1. The van der Waals surface area contributed by atoms with Crippen molar-refractivity contribution in [3.8, 4) is 0 Å². The maximum absolute atomic E-state index is 13.3. The van der Waals surface area contributed by atoms with Crippen molar-refractivity contribution in [1.82, 2.24) is 0 Å². The molecule has 0 aliphatic rings. The van der Waals surface area contributed by atoms with E-state index in [-0.39, 0.29) is 18.0 Å². The van der Waals surface area contributed by atoms with Gasteiger partial charge < -0.3 is 5.32 Å². The van der Waals surface area contributed by atoms with E-state index >= 15 is 0 Å². The zero-order valence-corrected chi connectivity index (χ0v) is 8.88. The van der Waals surface area contributed by atoms with Gasteiger partial charge in [-0.05, 0) is 18.2 Å². The van der Waals surface area contributed by atoms with Crippen LogP contribution in [-0.2, 0) is 6.54 Å². The molecule has 0 unspecified atom stereocenters. The number of halogens is 3. The predicted molar refractivity (Wildman–Crippen MR) is 60.1 cm³/mol. The van der Waals surface area contributed by atoms with Gasteiger partial charge in [0.2, 0.25) is 0 Å². The van der Waals surface area contributed by atoms with Gasteiger partial charge in [0.1, 0.15) is 17.5 Å². The quantitative estimate of drug-likeness (QED) is 0.857. The lowest BCUT2D eigenvalue weighted by Crippen LogP contribution is -2.02. The highest BCUT2D eigenvalue weighted by Gasteiger charge is 2.02. The average molecular weight is 237 g/mol. The fraction of sp³-hybridized carbons (Fsp3) is 0.0769. The first-order chi connectivity index (χ1) is 8.15. The molecule has 2 aromatic rings. The molecule has 1 nitrogen and oxygen atoms in total. The molecule has 2 rings (SSSR count). The zero-order valence-electron chi connectivity index (χ0n) is 8.88. The Morgan fingerprint density at radius 1 is 0.882 bits per heavy atom. The topological polar surface area (TPSA) is 12.0 Å². The van der Waals surface area contributed by atoms with E-state index in [0.29, 0.717) is 5.56 Å². The Morgan fingerprint density at radius 3 is 2.18 bits per heavy atom. The van der Waals surface area contributed by atoms with Gasteiger partial charge in [-0.1, -0.05) is 18.2 Å². The lowest BCUT2D eigenvalue weighted by Gasteiger charge is -2.07. The second kappa shape index (κ2) is 4.91. The molecule has 17 heavy (non-hydrogen) atoms. The highest BCUT2D eigenvalue weighted by molar-refractivity contribution is 5.44. The molecule has 0 aliphatic heterocycles. The standard InChI is InChI=1S/C13H10F3N/c14-10-5-11(15)7-12(6-10)17-8-9-3-1-2-4-13(9)16/h1-7,17H,8H2. The van der Waals surface area contributed by atoms with E-state index in [1.165, 1.54) is 6.07 Å². The van der Waals surface area contributed by atoms with Gasteiger partial charge in [0, 0.05) is 23.9 Å². The summed E-state index contributed by atoms with van der Waals surface area (Å²) in [5.74, 6) is -1.68. The summed E-state index contributed by atoms with van der Waals surface area (Å²) >= 11 is 0. The van der Waals surface area contributed by atoms with E-state index in [1.54, 1.807) is 18.2 Å². The first kappa shape index (κ1) is 11.5. The molecule has 0 amide bonds. The fourth-order valence-electron chi connectivity index (χ4n) is 1.49. The van der Waals surface area contributed by atoms with Gasteiger partial charge in [0.05, 0.1) is 0 Å². The molecule has 0 saturated heterocycles. The summed E-state index contributed by atoms with van der Waals surface area (Å²) in [5, 5.41) is 2.76. The highest BCUT2D eigenvalue weighted by Crippen LogP contribution is 2.15. The molecule has 0 atom stereocenters. The van der Waals surface area contributed by atoms with Crippen LogP contribution in [0.3, 0.4) is 0 Å². The van der Waals surface area contributed by atoms with E-state index in [0.717, 1.165) is 18.2 Å². The third kappa shape index (κ3) is 3.00. The third-order valence-corrected chi connectivity index (χ3v) is 2.30. The van der Waals surface area contributed by atoms with Crippen LogP contribution in [0.2, 0.25) is 0 Å². The largest absolute Gasteiger partial charge is 0.381 e. The number of benzene rings is 2. The van der Waals surface area contributed by atoms with Crippen molar-refractivity contribution in [3.63, 3.8) is 0 Å². The molecule has 0 heterocycles. The van der Waals surface area contributed by atoms with Gasteiger partial charge in [0.25, 0.3) is 0 Å². The van der Waals surface area contributed by atoms with Crippen molar-refractivity contribution in [1.29, 1.82) is 0 Å². The summed E-state index contributed by atoms with van der Waals surface area (Å²) in [5.41, 5.74) is 0.725. The molecular formula is C13H10F3N. The zero-order chi connectivity index (χ0) is 12.3. The van der Waals surface area contributed by atoms with Crippen molar-refractivity contribution in [2.45, 2.75) is 6.54 Å². The van der Waals surface area contributed by atoms with Crippen molar-refractivity contribution in [3.05, 3.63) is 65.5 Å². The maximum Gasteiger partial charge on any atom is 0.128 e. The van der Waals surface area contributed by atoms with E-state index in [9.17, 15) is 13.2 Å². The smallest absolute Gasteiger partial charge is 0.128 e. The molecule has 0 saturated carbocycles. The van der Waals surface area contributed by atoms with E-state index in [2.05, 4.69) is 5.32 Å². The van der Waals surface area contributed by atoms with Crippen LogP contribution in [0.25, 0.3) is 0 Å². The third-order valence-electron chi connectivity index (χ3n) is 2.30. The monoisotopic (exact) mass is 237 g/mol. The van der Waals surface area contributed by atoms with Crippen molar-refractivity contribution in [2.75, 3.05) is 5.32 Å². The molecule has 0 bridgehead atoms. The molecule has 4 heteroatoms. The fourth-order valence-corrected chi connectivity index (χ4v) is 1.49. The first-order valence-electron chi connectivity index (χ1n) is 5.08. The number of hydrogen-bond acceptors (Lipinski definition) is 1. The summed E-state index contributed by atoms with van der Waals surface area (Å²) in [4.78, 5) is 0. The Kier molecular flexibility index (Phi) is 3.32. The lowest BCUT2D eigenvalue weighted by atomic mass is 10.2. The Labute approximate surface area is 96.9 Å². The second-order valence-electron chi connectivity index (χ2n) is 3.60. The van der Waals surface area contributed by atoms with Crippen molar-refractivity contribution < 1.29 is 13.2 Å². The van der Waals surface area contributed by atoms with Crippen LogP contribution in [0.15, 0.2) is 42.5 Å². The normalized spacial score (nSPS) is 10.3. The summed E-state index contributed by atoms with van der Waals surface area (Å²) < 4.78 is 39.0. The molecule has 0 aliphatic carbocycles. The van der Waals surface area contributed by atoms with Crippen LogP contribution in [-0.4, -0.2) is 0 Å². The van der Waals surface area contributed by atoms with Gasteiger partial charge in [-0.3, -0.25) is 0 Å². The minimum Gasteiger partial charge on any atom is -0.381 e. The van der Waals surface area contributed by atoms with Crippen molar-refractivity contribution in [2.24, 2.45) is 0 Å². The summed E-state index contributed by atoms with van der Waals surface area (Å²) in [7, 11) is 0. The highest BCUT2D eigenvalue weighted by atomic mass is 19.1. The molecule has 0 spiro atoms. The van der Waals surface area contributed by atoms with E-state index in [1.807, 2.05) is 0 Å². The number of rotatable bonds is 3. The Morgan fingerprint density at radius 2 is 1.53 bits per heavy atom. The molecule has 0 radical (unpaired) electrons. The SMILES string of the molecule is Fc1cc(F)cc(NCc2ccccc2F)c1. The van der Waals surface area contributed by atoms with Crippen LogP contribution in [0.4, 0.5) is 18.9 Å². The summed E-state index contributed by atoms with van der Waals surface area (Å²) in [6.45, 7) is 0.176. The average Bonchev–Trinajstić information content (AvgIpc) is 2.27. The van der Waals surface area contributed by atoms with Crippen molar-refractivity contribution >= 4 is 5.69 Å². The number of hydrogen-bond donors (Lipinski definition) is 1. The van der Waals surface area contributed by atoms with Crippen LogP contribution in [0.1, 0.15) is 5.56 Å². The first-order valence-corrected chi connectivity index (χ1v) is 5.08. The molecule has 0 aromatic heterocycles. The molecule has 0 fully saturated rings. The Bertz CT molecular complexity index is 506. The molecule has 2 aromatic carbocycles. The number of nitrogens with one attached hydrogen (secondary N) is 1. The van der Waals surface area contributed by atoms with Gasteiger partial charge in [-0.25, -0.2) is 13.2 Å². The maximum atomic E-state index is 13.3. The summed E-state index contributed by atoms with van der Waals surface area (Å²) in [6.07, 6.45) is 0. The van der Waals surface area contributed by atoms with E-state index in [4.69, 9.17) is 0 Å². The predicted octanol–water partition coefficient (Wildman–Crippen LogP) is 3.72. The lowest BCUT2D eigenvalue weighted by molar-refractivity contribution is 0.584. The molecular weight excluding hydrogens is 227 g/mol. The van der Waals surface area contributed by atoms with Gasteiger partial charge >= 0.3 is 0 Å². The molecule has 88 valence electrons. The van der Waals surface area contributed by atoms with Crippen LogP contribution in [0, 0.1) is 17.5 Å².